The Kier molecular flexibility index (Phi) is 5.30. The van der Waals surface area contributed by atoms with Crippen LogP contribution in [0.2, 0.25) is 0 Å². The molecule has 0 spiro atoms. The fourth-order valence-corrected chi connectivity index (χ4v) is 3.59. The topological polar surface area (TPSA) is 102 Å². The first-order valence-electron chi connectivity index (χ1n) is 8.87. The van der Waals surface area contributed by atoms with Gasteiger partial charge >= 0.3 is 0 Å². The van der Waals surface area contributed by atoms with Gasteiger partial charge in [0.15, 0.2) is 5.69 Å². The molecule has 2 N–H and O–H groups in total. The smallest absolute Gasteiger partial charge is 0.276 e. The van der Waals surface area contributed by atoms with Gasteiger partial charge < -0.3 is 15.4 Å². The van der Waals surface area contributed by atoms with Crippen LogP contribution in [0.4, 0.5) is 11.6 Å². The predicted octanol–water partition coefficient (Wildman–Crippen LogP) is 3.92. The molecular weight excluding hydrogens is 388 g/mol. The van der Waals surface area contributed by atoms with Crippen molar-refractivity contribution in [2.75, 3.05) is 17.7 Å². The second kappa shape index (κ2) is 8.19. The van der Waals surface area contributed by atoms with Crippen LogP contribution in [0.15, 0.2) is 54.3 Å². The van der Waals surface area contributed by atoms with Crippen LogP contribution in [-0.2, 0) is 0 Å². The molecule has 0 aromatic carbocycles. The third kappa shape index (κ3) is 4.14. The third-order valence-corrected chi connectivity index (χ3v) is 5.11. The Balaban J connectivity index is 1.63. The Morgan fingerprint density at radius 1 is 1.21 bits per heavy atom. The summed E-state index contributed by atoms with van der Waals surface area (Å²) in [6.45, 7) is 1.96. The van der Waals surface area contributed by atoms with Crippen molar-refractivity contribution >= 4 is 39.1 Å². The van der Waals surface area contributed by atoms with Crippen LogP contribution in [0.3, 0.4) is 0 Å². The molecule has 8 nitrogen and oxygen atoms in total. The summed E-state index contributed by atoms with van der Waals surface area (Å²) in [6.07, 6.45) is 4.85. The van der Waals surface area contributed by atoms with E-state index in [-0.39, 0.29) is 11.9 Å². The SMILES string of the molecule is COc1cncc(NC(=O)c2nc(N[C@@H](C)c3ccccn3)nc3ccsc23)c1. The zero-order chi connectivity index (χ0) is 20.2. The van der Waals surface area contributed by atoms with Crippen LogP contribution in [0, 0.1) is 0 Å². The van der Waals surface area contributed by atoms with Gasteiger partial charge in [0.1, 0.15) is 5.75 Å². The van der Waals surface area contributed by atoms with Gasteiger partial charge in [-0.15, -0.1) is 11.3 Å². The van der Waals surface area contributed by atoms with E-state index in [1.165, 1.54) is 11.3 Å². The summed E-state index contributed by atoms with van der Waals surface area (Å²) in [7, 11) is 1.54. The number of pyridine rings is 2. The van der Waals surface area contributed by atoms with E-state index in [2.05, 4.69) is 30.6 Å². The number of carbonyl (C=O) groups excluding carboxylic acids is 1. The minimum absolute atomic E-state index is 0.120. The van der Waals surface area contributed by atoms with Gasteiger partial charge in [0.25, 0.3) is 5.91 Å². The molecule has 4 heterocycles. The number of aromatic nitrogens is 4. The Morgan fingerprint density at radius 3 is 2.90 bits per heavy atom. The van der Waals surface area contributed by atoms with Gasteiger partial charge in [0, 0.05) is 12.3 Å². The average molecular weight is 406 g/mol. The molecule has 0 aliphatic carbocycles. The molecular formula is C20H18N6O2S. The summed E-state index contributed by atoms with van der Waals surface area (Å²) in [5.41, 5.74) is 2.38. The molecule has 146 valence electrons. The van der Waals surface area contributed by atoms with E-state index in [0.717, 1.165) is 10.4 Å². The maximum atomic E-state index is 12.9. The first-order valence-corrected chi connectivity index (χ1v) is 9.75. The van der Waals surface area contributed by atoms with Crippen molar-refractivity contribution < 1.29 is 9.53 Å². The predicted molar refractivity (Wildman–Crippen MR) is 112 cm³/mol. The van der Waals surface area contributed by atoms with Crippen molar-refractivity contribution in [2.24, 2.45) is 0 Å². The van der Waals surface area contributed by atoms with Crippen LogP contribution in [0.5, 0.6) is 5.75 Å². The summed E-state index contributed by atoms with van der Waals surface area (Å²) in [4.78, 5) is 30.3. The molecule has 1 atom stereocenters. The summed E-state index contributed by atoms with van der Waals surface area (Å²) >= 11 is 1.42. The van der Waals surface area contributed by atoms with Crippen molar-refractivity contribution in [1.82, 2.24) is 19.9 Å². The van der Waals surface area contributed by atoms with Gasteiger partial charge in [-0.3, -0.25) is 14.8 Å². The van der Waals surface area contributed by atoms with Gasteiger partial charge in [-0.05, 0) is 30.5 Å². The van der Waals surface area contributed by atoms with E-state index < -0.39 is 0 Å². The second-order valence-corrected chi connectivity index (χ2v) is 7.14. The molecule has 1 amide bonds. The molecule has 0 unspecified atom stereocenters. The number of ether oxygens (including phenoxy) is 1. The van der Waals surface area contributed by atoms with E-state index in [4.69, 9.17) is 4.74 Å². The number of rotatable bonds is 6. The Bertz CT molecular complexity index is 1150. The lowest BCUT2D eigenvalue weighted by Crippen LogP contribution is -2.17. The molecule has 4 rings (SSSR count). The number of hydrogen-bond donors (Lipinski definition) is 2. The van der Waals surface area contributed by atoms with E-state index in [1.54, 1.807) is 31.8 Å². The van der Waals surface area contributed by atoms with Crippen molar-refractivity contribution in [3.05, 3.63) is 65.7 Å². The maximum absolute atomic E-state index is 12.9. The van der Waals surface area contributed by atoms with E-state index >= 15 is 0 Å². The minimum Gasteiger partial charge on any atom is -0.495 e. The van der Waals surface area contributed by atoms with Crippen LogP contribution >= 0.6 is 11.3 Å². The number of thiophene rings is 1. The lowest BCUT2D eigenvalue weighted by atomic mass is 10.2. The normalized spacial score (nSPS) is 11.8. The van der Waals surface area contributed by atoms with Crippen LogP contribution in [-0.4, -0.2) is 33.0 Å². The Morgan fingerprint density at radius 2 is 2.10 bits per heavy atom. The van der Waals surface area contributed by atoms with Crippen molar-refractivity contribution in [3.63, 3.8) is 0 Å². The fraction of sp³-hybridized carbons (Fsp3) is 0.150. The van der Waals surface area contributed by atoms with Crippen LogP contribution < -0.4 is 15.4 Å². The number of nitrogens with one attached hydrogen (secondary N) is 2. The summed E-state index contributed by atoms with van der Waals surface area (Å²) in [5, 5.41) is 7.93. The summed E-state index contributed by atoms with van der Waals surface area (Å²) < 4.78 is 5.87. The highest BCUT2D eigenvalue weighted by molar-refractivity contribution is 7.17. The number of methoxy groups -OCH3 is 1. The lowest BCUT2D eigenvalue weighted by Gasteiger charge is -2.14. The maximum Gasteiger partial charge on any atom is 0.276 e. The zero-order valence-corrected chi connectivity index (χ0v) is 16.6. The quantitative estimate of drug-likeness (QED) is 0.500. The molecule has 0 bridgehead atoms. The van der Waals surface area contributed by atoms with Gasteiger partial charge in [-0.25, -0.2) is 9.97 Å². The molecule has 0 saturated heterocycles. The van der Waals surface area contributed by atoms with Gasteiger partial charge in [0.2, 0.25) is 5.95 Å². The van der Waals surface area contributed by atoms with Gasteiger partial charge in [-0.1, -0.05) is 6.07 Å². The van der Waals surface area contributed by atoms with Crippen molar-refractivity contribution in [2.45, 2.75) is 13.0 Å². The Labute approximate surface area is 171 Å². The molecule has 9 heteroatoms. The van der Waals surface area contributed by atoms with Crippen LogP contribution in [0.25, 0.3) is 10.2 Å². The lowest BCUT2D eigenvalue weighted by molar-refractivity contribution is 0.102. The monoisotopic (exact) mass is 406 g/mol. The molecule has 0 fully saturated rings. The number of carbonyl (C=O) groups is 1. The second-order valence-electron chi connectivity index (χ2n) is 6.22. The molecule has 29 heavy (non-hydrogen) atoms. The first-order chi connectivity index (χ1) is 14.1. The summed E-state index contributed by atoms with van der Waals surface area (Å²) in [6, 6.07) is 9.14. The highest BCUT2D eigenvalue weighted by Crippen LogP contribution is 2.26. The van der Waals surface area contributed by atoms with Gasteiger partial charge in [-0.2, -0.15) is 0 Å². The van der Waals surface area contributed by atoms with Crippen LogP contribution in [0.1, 0.15) is 29.1 Å². The van der Waals surface area contributed by atoms with Crippen molar-refractivity contribution in [3.8, 4) is 5.75 Å². The van der Waals surface area contributed by atoms with E-state index in [0.29, 0.717) is 28.6 Å². The number of amides is 1. The first kappa shape index (κ1) is 18.8. The average Bonchev–Trinajstić information content (AvgIpc) is 3.22. The molecule has 4 aromatic heterocycles. The highest BCUT2D eigenvalue weighted by Gasteiger charge is 2.18. The third-order valence-electron chi connectivity index (χ3n) is 4.20. The number of fused-ring (bicyclic) bond motifs is 1. The number of hydrogen-bond acceptors (Lipinski definition) is 8. The largest absolute Gasteiger partial charge is 0.495 e. The molecule has 0 aliphatic heterocycles. The summed E-state index contributed by atoms with van der Waals surface area (Å²) in [5.74, 6) is 0.574. The number of anilines is 2. The van der Waals surface area contributed by atoms with E-state index in [9.17, 15) is 4.79 Å². The zero-order valence-electron chi connectivity index (χ0n) is 15.8. The minimum atomic E-state index is -0.344. The molecule has 4 aromatic rings. The fourth-order valence-electron chi connectivity index (χ4n) is 2.77. The number of nitrogens with zero attached hydrogens (tertiary/aromatic N) is 4. The van der Waals surface area contributed by atoms with Gasteiger partial charge in [0.05, 0.1) is 47.1 Å². The van der Waals surface area contributed by atoms with E-state index in [1.807, 2.05) is 36.6 Å². The van der Waals surface area contributed by atoms with Crippen molar-refractivity contribution in [1.29, 1.82) is 0 Å². The molecule has 0 saturated carbocycles. The standard InChI is InChI=1S/C20H18N6O2S/c1-12(15-5-3-4-7-22-15)23-20-25-16-6-8-29-18(16)17(26-20)19(27)24-13-9-14(28-2)11-21-10-13/h3-12H,1-2H3,(H,24,27)(H,23,25,26)/t12-/m0/s1. The highest BCUT2D eigenvalue weighted by atomic mass is 32.1. The molecule has 0 radical (unpaired) electrons. The Hall–Kier alpha value is -3.59. The molecule has 0 aliphatic rings.